The molecule has 0 spiro atoms. The van der Waals surface area contributed by atoms with Crippen LogP contribution in [0.2, 0.25) is 0 Å². The summed E-state index contributed by atoms with van der Waals surface area (Å²) in [5.41, 5.74) is 4.09. The quantitative estimate of drug-likeness (QED) is 0.830. The van der Waals surface area contributed by atoms with Crippen LogP contribution in [0.15, 0.2) is 36.4 Å². The second-order valence-electron chi connectivity index (χ2n) is 4.60. The molecule has 0 heterocycles. The molecule has 0 amide bonds. The molecule has 19 heavy (non-hydrogen) atoms. The number of aryl methyl sites for hydroxylation is 2. The summed E-state index contributed by atoms with van der Waals surface area (Å²) >= 11 is 2.29. The number of aliphatic hydroxyl groups is 1. The van der Waals surface area contributed by atoms with Crippen molar-refractivity contribution in [3.8, 4) is 5.75 Å². The van der Waals surface area contributed by atoms with E-state index in [1.165, 1.54) is 5.56 Å². The normalized spacial score (nSPS) is 12.3. The summed E-state index contributed by atoms with van der Waals surface area (Å²) in [4.78, 5) is 0. The molecule has 2 nitrogen and oxygen atoms in total. The molecule has 0 saturated heterocycles. The van der Waals surface area contributed by atoms with Crippen LogP contribution in [-0.2, 0) is 0 Å². The van der Waals surface area contributed by atoms with Gasteiger partial charge in [-0.1, -0.05) is 24.3 Å². The van der Waals surface area contributed by atoms with Crippen LogP contribution in [0.5, 0.6) is 5.75 Å². The fraction of sp³-hybridized carbons (Fsp3) is 0.250. The van der Waals surface area contributed by atoms with Crippen LogP contribution < -0.4 is 4.74 Å². The topological polar surface area (TPSA) is 29.5 Å². The molecule has 1 unspecified atom stereocenters. The Hall–Kier alpha value is -1.07. The molecule has 0 radical (unpaired) electrons. The van der Waals surface area contributed by atoms with Crippen molar-refractivity contribution in [2.45, 2.75) is 20.0 Å². The standard InChI is InChI=1S/C16H17IO2/c1-10-5-4-6-14(15(10)17)16(18)13-8-7-12(19-3)9-11(13)2/h4-9,16,18H,1-3H3. The van der Waals surface area contributed by atoms with Gasteiger partial charge in [0.05, 0.1) is 7.11 Å². The van der Waals surface area contributed by atoms with Crippen LogP contribution in [0.3, 0.4) is 0 Å². The maximum Gasteiger partial charge on any atom is 0.119 e. The lowest BCUT2D eigenvalue weighted by atomic mass is 9.96. The van der Waals surface area contributed by atoms with E-state index < -0.39 is 6.10 Å². The molecule has 0 bridgehead atoms. The summed E-state index contributed by atoms with van der Waals surface area (Å²) < 4.78 is 6.31. The van der Waals surface area contributed by atoms with E-state index in [0.717, 1.165) is 26.0 Å². The molecule has 0 fully saturated rings. The van der Waals surface area contributed by atoms with Gasteiger partial charge in [0.1, 0.15) is 11.9 Å². The zero-order valence-corrected chi connectivity index (χ0v) is 13.4. The van der Waals surface area contributed by atoms with Crippen LogP contribution in [0, 0.1) is 17.4 Å². The predicted octanol–water partition coefficient (Wildman–Crippen LogP) is 4.00. The largest absolute Gasteiger partial charge is 0.497 e. The molecule has 0 aliphatic carbocycles. The highest BCUT2D eigenvalue weighted by atomic mass is 127. The number of hydrogen-bond acceptors (Lipinski definition) is 2. The van der Waals surface area contributed by atoms with Crippen molar-refractivity contribution in [1.29, 1.82) is 0 Å². The molecule has 1 atom stereocenters. The van der Waals surface area contributed by atoms with Gasteiger partial charge in [0.2, 0.25) is 0 Å². The van der Waals surface area contributed by atoms with Gasteiger partial charge in [0.25, 0.3) is 0 Å². The average Bonchev–Trinajstić information content (AvgIpc) is 2.41. The van der Waals surface area contributed by atoms with Gasteiger partial charge in [-0.05, 0) is 70.8 Å². The Kier molecular flexibility index (Phi) is 4.47. The third-order valence-electron chi connectivity index (χ3n) is 3.29. The third kappa shape index (κ3) is 2.92. The summed E-state index contributed by atoms with van der Waals surface area (Å²) in [5, 5.41) is 10.6. The van der Waals surface area contributed by atoms with E-state index in [1.807, 2.05) is 37.3 Å². The Morgan fingerprint density at radius 3 is 2.42 bits per heavy atom. The van der Waals surface area contributed by atoms with Gasteiger partial charge in [-0.2, -0.15) is 0 Å². The summed E-state index contributed by atoms with van der Waals surface area (Å²) in [6.07, 6.45) is -0.599. The van der Waals surface area contributed by atoms with Crippen molar-refractivity contribution in [1.82, 2.24) is 0 Å². The molecule has 0 aliphatic rings. The molecule has 1 N–H and O–H groups in total. The smallest absolute Gasteiger partial charge is 0.119 e. The predicted molar refractivity (Wildman–Crippen MR) is 85.7 cm³/mol. The first-order valence-electron chi connectivity index (χ1n) is 6.12. The molecule has 100 valence electrons. The van der Waals surface area contributed by atoms with Crippen molar-refractivity contribution < 1.29 is 9.84 Å². The van der Waals surface area contributed by atoms with E-state index in [9.17, 15) is 5.11 Å². The minimum absolute atomic E-state index is 0.599. The highest BCUT2D eigenvalue weighted by Gasteiger charge is 2.16. The molecule has 2 aromatic rings. The highest BCUT2D eigenvalue weighted by Crippen LogP contribution is 2.31. The second kappa shape index (κ2) is 5.92. The van der Waals surface area contributed by atoms with E-state index in [-0.39, 0.29) is 0 Å². The van der Waals surface area contributed by atoms with Crippen LogP contribution in [0.1, 0.15) is 28.4 Å². The lowest BCUT2D eigenvalue weighted by Gasteiger charge is -2.17. The SMILES string of the molecule is COc1ccc(C(O)c2cccc(C)c2I)c(C)c1. The zero-order chi connectivity index (χ0) is 14.0. The van der Waals surface area contributed by atoms with Crippen molar-refractivity contribution >= 4 is 22.6 Å². The van der Waals surface area contributed by atoms with E-state index in [1.54, 1.807) is 7.11 Å². The van der Waals surface area contributed by atoms with E-state index in [2.05, 4.69) is 35.6 Å². The Morgan fingerprint density at radius 1 is 1.05 bits per heavy atom. The number of ether oxygens (including phenoxy) is 1. The number of benzene rings is 2. The first kappa shape index (κ1) is 14.3. The second-order valence-corrected chi connectivity index (χ2v) is 5.68. The maximum atomic E-state index is 10.6. The minimum Gasteiger partial charge on any atom is -0.497 e. The fourth-order valence-corrected chi connectivity index (χ4v) is 2.79. The van der Waals surface area contributed by atoms with Crippen molar-refractivity contribution in [2.75, 3.05) is 7.11 Å². The molecule has 2 aromatic carbocycles. The Morgan fingerprint density at radius 2 is 1.79 bits per heavy atom. The lowest BCUT2D eigenvalue weighted by molar-refractivity contribution is 0.218. The Balaban J connectivity index is 2.44. The van der Waals surface area contributed by atoms with Gasteiger partial charge in [-0.3, -0.25) is 0 Å². The monoisotopic (exact) mass is 368 g/mol. The average molecular weight is 368 g/mol. The van der Waals surface area contributed by atoms with Crippen LogP contribution in [0.25, 0.3) is 0 Å². The molecule has 0 aromatic heterocycles. The summed E-state index contributed by atoms with van der Waals surface area (Å²) in [7, 11) is 1.65. The first-order valence-corrected chi connectivity index (χ1v) is 7.20. The molecule has 0 aliphatic heterocycles. The number of rotatable bonds is 3. The zero-order valence-electron chi connectivity index (χ0n) is 11.3. The van der Waals surface area contributed by atoms with Gasteiger partial charge in [0.15, 0.2) is 0 Å². The van der Waals surface area contributed by atoms with Gasteiger partial charge in [-0.25, -0.2) is 0 Å². The molecular formula is C16H17IO2. The van der Waals surface area contributed by atoms with E-state index in [4.69, 9.17) is 4.74 Å². The van der Waals surface area contributed by atoms with Crippen LogP contribution >= 0.6 is 22.6 Å². The lowest BCUT2D eigenvalue weighted by Crippen LogP contribution is -2.05. The Labute approximate surface area is 127 Å². The first-order chi connectivity index (χ1) is 9.04. The van der Waals surface area contributed by atoms with Crippen molar-refractivity contribution in [3.63, 3.8) is 0 Å². The van der Waals surface area contributed by atoms with Crippen molar-refractivity contribution in [2.24, 2.45) is 0 Å². The van der Waals surface area contributed by atoms with Gasteiger partial charge in [0, 0.05) is 3.57 Å². The number of hydrogen-bond donors (Lipinski definition) is 1. The van der Waals surface area contributed by atoms with Crippen LogP contribution in [0.4, 0.5) is 0 Å². The third-order valence-corrected chi connectivity index (χ3v) is 4.76. The molecule has 3 heteroatoms. The van der Waals surface area contributed by atoms with Gasteiger partial charge < -0.3 is 9.84 Å². The summed E-state index contributed by atoms with van der Waals surface area (Å²) in [5.74, 6) is 0.812. The maximum absolute atomic E-state index is 10.6. The minimum atomic E-state index is -0.599. The van der Waals surface area contributed by atoms with E-state index >= 15 is 0 Å². The Bertz CT molecular complexity index is 593. The summed E-state index contributed by atoms with van der Waals surface area (Å²) in [6.45, 7) is 4.04. The van der Waals surface area contributed by atoms with Crippen LogP contribution in [-0.4, -0.2) is 12.2 Å². The molecule has 0 saturated carbocycles. The molecular weight excluding hydrogens is 351 g/mol. The van der Waals surface area contributed by atoms with Gasteiger partial charge >= 0.3 is 0 Å². The number of aliphatic hydroxyl groups excluding tert-OH is 1. The van der Waals surface area contributed by atoms with Gasteiger partial charge in [-0.15, -0.1) is 0 Å². The van der Waals surface area contributed by atoms with E-state index in [0.29, 0.717) is 0 Å². The summed E-state index contributed by atoms with van der Waals surface area (Å²) in [6, 6.07) is 11.8. The van der Waals surface area contributed by atoms with Crippen molar-refractivity contribution in [3.05, 3.63) is 62.2 Å². The number of methoxy groups -OCH3 is 1. The molecule has 2 rings (SSSR count). The fourth-order valence-electron chi connectivity index (χ4n) is 2.13. The number of halogens is 1. The highest BCUT2D eigenvalue weighted by molar-refractivity contribution is 14.1.